The lowest BCUT2D eigenvalue weighted by molar-refractivity contribution is 0.123. The summed E-state index contributed by atoms with van der Waals surface area (Å²) in [5.74, 6) is 1.29. The van der Waals surface area contributed by atoms with Crippen LogP contribution in [0, 0.1) is 0 Å². The van der Waals surface area contributed by atoms with Crippen LogP contribution in [0.3, 0.4) is 0 Å². The maximum Gasteiger partial charge on any atom is 0.407 e. The first-order chi connectivity index (χ1) is 11.5. The second-order valence-corrected chi connectivity index (χ2v) is 5.83. The Morgan fingerprint density at radius 3 is 2.58 bits per heavy atom. The zero-order valence-electron chi connectivity index (χ0n) is 14.0. The maximum absolute atomic E-state index is 11.2. The number of fused-ring (bicyclic) bond motifs is 1. The molecular formula is C17H21N3O4. The second kappa shape index (κ2) is 6.43. The van der Waals surface area contributed by atoms with Crippen LogP contribution < -0.4 is 14.4 Å². The van der Waals surface area contributed by atoms with Crippen LogP contribution in [0.25, 0.3) is 10.9 Å². The summed E-state index contributed by atoms with van der Waals surface area (Å²) < 4.78 is 10.7. The topological polar surface area (TPSA) is 75.1 Å². The molecule has 1 aliphatic heterocycles. The highest BCUT2D eigenvalue weighted by molar-refractivity contribution is 5.94. The van der Waals surface area contributed by atoms with Gasteiger partial charge in [0.05, 0.1) is 19.7 Å². The molecule has 1 N–H and O–H groups in total. The first-order valence-corrected chi connectivity index (χ1v) is 7.80. The van der Waals surface area contributed by atoms with Crippen molar-refractivity contribution >= 4 is 22.7 Å². The molecule has 1 fully saturated rings. The summed E-state index contributed by atoms with van der Waals surface area (Å²) in [5.41, 5.74) is 1.84. The summed E-state index contributed by atoms with van der Waals surface area (Å²) in [6.07, 6.45) is 0.894. The lowest BCUT2D eigenvalue weighted by Crippen LogP contribution is -2.53. The highest BCUT2D eigenvalue weighted by Gasteiger charge is 2.28. The van der Waals surface area contributed by atoms with Crippen molar-refractivity contribution in [1.29, 1.82) is 0 Å². The molecule has 128 valence electrons. The van der Waals surface area contributed by atoms with Crippen molar-refractivity contribution in [2.24, 2.45) is 0 Å². The van der Waals surface area contributed by atoms with Crippen LogP contribution in [0.1, 0.15) is 6.92 Å². The average Bonchev–Trinajstić information content (AvgIpc) is 2.59. The second-order valence-electron chi connectivity index (χ2n) is 5.83. The number of anilines is 1. The van der Waals surface area contributed by atoms with E-state index >= 15 is 0 Å². The van der Waals surface area contributed by atoms with Gasteiger partial charge in [-0.25, -0.2) is 4.79 Å². The van der Waals surface area contributed by atoms with Gasteiger partial charge in [-0.15, -0.1) is 0 Å². The number of hydrogen-bond donors (Lipinski definition) is 1. The molecule has 7 nitrogen and oxygen atoms in total. The number of methoxy groups -OCH3 is 2. The molecule has 0 saturated carbocycles. The van der Waals surface area contributed by atoms with Crippen LogP contribution in [0.5, 0.6) is 11.5 Å². The third-order valence-electron chi connectivity index (χ3n) is 4.44. The number of nitrogens with zero attached hydrogens (tertiary/aromatic N) is 3. The largest absolute Gasteiger partial charge is 0.493 e. The Labute approximate surface area is 140 Å². The van der Waals surface area contributed by atoms with Gasteiger partial charge in [0.15, 0.2) is 11.5 Å². The Kier molecular flexibility index (Phi) is 4.33. The van der Waals surface area contributed by atoms with Gasteiger partial charge in [-0.1, -0.05) is 0 Å². The van der Waals surface area contributed by atoms with Gasteiger partial charge in [0.2, 0.25) is 0 Å². The van der Waals surface area contributed by atoms with Crippen molar-refractivity contribution in [3.05, 3.63) is 24.4 Å². The molecule has 3 rings (SSSR count). The number of carbonyl (C=O) groups is 1. The van der Waals surface area contributed by atoms with Crippen molar-refractivity contribution in [3.8, 4) is 11.5 Å². The van der Waals surface area contributed by atoms with E-state index in [-0.39, 0.29) is 6.04 Å². The maximum atomic E-state index is 11.2. The van der Waals surface area contributed by atoms with Crippen molar-refractivity contribution < 1.29 is 19.4 Å². The van der Waals surface area contributed by atoms with Gasteiger partial charge in [-0.2, -0.15) is 0 Å². The lowest BCUT2D eigenvalue weighted by atomic mass is 10.1. The predicted octanol–water partition coefficient (Wildman–Crippen LogP) is 2.44. The van der Waals surface area contributed by atoms with E-state index in [1.807, 2.05) is 25.1 Å². The van der Waals surface area contributed by atoms with Crippen molar-refractivity contribution in [2.75, 3.05) is 38.8 Å². The summed E-state index contributed by atoms with van der Waals surface area (Å²) in [5, 5.41) is 10.2. The Morgan fingerprint density at radius 1 is 1.25 bits per heavy atom. The number of amides is 1. The first kappa shape index (κ1) is 16.2. The molecule has 7 heteroatoms. The van der Waals surface area contributed by atoms with E-state index in [1.165, 1.54) is 4.90 Å². The normalized spacial score (nSPS) is 17.9. The number of piperazine rings is 1. The molecule has 0 spiro atoms. The molecule has 1 aromatic carbocycles. The fourth-order valence-electron chi connectivity index (χ4n) is 3.19. The number of rotatable bonds is 3. The van der Waals surface area contributed by atoms with Gasteiger partial charge >= 0.3 is 6.09 Å². The van der Waals surface area contributed by atoms with Crippen LogP contribution >= 0.6 is 0 Å². The Hall–Kier alpha value is -2.70. The van der Waals surface area contributed by atoms with Gasteiger partial charge in [0.25, 0.3) is 0 Å². The van der Waals surface area contributed by atoms with Crippen molar-refractivity contribution in [1.82, 2.24) is 9.88 Å². The van der Waals surface area contributed by atoms with E-state index in [4.69, 9.17) is 9.47 Å². The molecule has 0 unspecified atom stereocenters. The number of pyridine rings is 1. The zero-order chi connectivity index (χ0) is 17.3. The summed E-state index contributed by atoms with van der Waals surface area (Å²) in [4.78, 5) is 19.3. The van der Waals surface area contributed by atoms with Crippen LogP contribution in [-0.4, -0.2) is 61.0 Å². The molecule has 2 heterocycles. The molecule has 1 aliphatic rings. The van der Waals surface area contributed by atoms with E-state index in [0.29, 0.717) is 31.1 Å². The third kappa shape index (κ3) is 2.77. The lowest BCUT2D eigenvalue weighted by Gasteiger charge is -2.39. The van der Waals surface area contributed by atoms with Crippen LogP contribution in [0.2, 0.25) is 0 Å². The van der Waals surface area contributed by atoms with E-state index in [2.05, 4.69) is 9.88 Å². The Balaban J connectivity index is 1.99. The van der Waals surface area contributed by atoms with Gasteiger partial charge in [-0.05, 0) is 19.1 Å². The van der Waals surface area contributed by atoms with Crippen LogP contribution in [0.15, 0.2) is 24.4 Å². The molecule has 1 amide bonds. The molecule has 0 radical (unpaired) electrons. The van der Waals surface area contributed by atoms with E-state index in [0.717, 1.165) is 16.6 Å². The minimum Gasteiger partial charge on any atom is -0.493 e. The minimum atomic E-state index is -0.867. The molecule has 0 aliphatic carbocycles. The van der Waals surface area contributed by atoms with Gasteiger partial charge in [-0.3, -0.25) is 4.98 Å². The van der Waals surface area contributed by atoms with Crippen LogP contribution in [0.4, 0.5) is 10.5 Å². The Morgan fingerprint density at radius 2 is 1.96 bits per heavy atom. The molecule has 0 bridgehead atoms. The molecular weight excluding hydrogens is 310 g/mol. The summed E-state index contributed by atoms with van der Waals surface area (Å²) in [6, 6.07) is 5.66. The summed E-state index contributed by atoms with van der Waals surface area (Å²) >= 11 is 0. The van der Waals surface area contributed by atoms with Gasteiger partial charge in [0, 0.05) is 49.0 Å². The molecule has 2 aromatic rings. The van der Waals surface area contributed by atoms with E-state index in [9.17, 15) is 9.90 Å². The van der Waals surface area contributed by atoms with Crippen molar-refractivity contribution in [3.63, 3.8) is 0 Å². The first-order valence-electron chi connectivity index (χ1n) is 7.80. The van der Waals surface area contributed by atoms with Crippen molar-refractivity contribution in [2.45, 2.75) is 13.0 Å². The van der Waals surface area contributed by atoms with E-state index in [1.54, 1.807) is 20.4 Å². The standard InChI is InChI=1S/C17H21N3O4/c1-11-10-19(6-7-20(11)17(21)22)14-4-5-18-13-9-16(24-3)15(23-2)8-12(13)14/h4-5,8-9,11H,6-7,10H2,1-3H3,(H,21,22)/t11-/m0/s1. The number of hydrogen-bond acceptors (Lipinski definition) is 5. The zero-order valence-corrected chi connectivity index (χ0v) is 14.0. The molecule has 24 heavy (non-hydrogen) atoms. The van der Waals surface area contributed by atoms with Crippen LogP contribution in [-0.2, 0) is 0 Å². The highest BCUT2D eigenvalue weighted by atomic mass is 16.5. The number of aromatic nitrogens is 1. The number of ether oxygens (including phenoxy) is 2. The van der Waals surface area contributed by atoms with Gasteiger partial charge < -0.3 is 24.4 Å². The summed E-state index contributed by atoms with van der Waals surface area (Å²) in [6.45, 7) is 3.69. The quantitative estimate of drug-likeness (QED) is 0.931. The SMILES string of the molecule is COc1cc2nccc(N3CCN(C(=O)O)[C@@H](C)C3)c2cc1OC. The highest BCUT2D eigenvalue weighted by Crippen LogP contribution is 2.36. The number of benzene rings is 1. The minimum absolute atomic E-state index is 0.0698. The fourth-order valence-corrected chi connectivity index (χ4v) is 3.19. The Bertz CT molecular complexity index is 765. The van der Waals surface area contributed by atoms with E-state index < -0.39 is 6.09 Å². The molecule has 1 aromatic heterocycles. The predicted molar refractivity (Wildman–Crippen MR) is 91.3 cm³/mol. The van der Waals surface area contributed by atoms with Gasteiger partial charge in [0.1, 0.15) is 0 Å². The number of carboxylic acid groups (broad SMARTS) is 1. The smallest absolute Gasteiger partial charge is 0.407 e. The molecule has 1 atom stereocenters. The fraction of sp³-hybridized carbons (Fsp3) is 0.412. The molecule has 1 saturated heterocycles. The summed E-state index contributed by atoms with van der Waals surface area (Å²) in [7, 11) is 3.20. The monoisotopic (exact) mass is 331 g/mol. The average molecular weight is 331 g/mol. The third-order valence-corrected chi connectivity index (χ3v) is 4.44.